The third-order valence-electron chi connectivity index (χ3n) is 7.17. The van der Waals surface area contributed by atoms with Gasteiger partial charge in [0.1, 0.15) is 0 Å². The van der Waals surface area contributed by atoms with Gasteiger partial charge in [0.25, 0.3) is 0 Å². The predicted molar refractivity (Wildman–Crippen MR) is 135 cm³/mol. The zero-order chi connectivity index (χ0) is 26.3. The maximum Gasteiger partial charge on any atom is 0.416 e. The van der Waals surface area contributed by atoms with E-state index in [9.17, 15) is 18.0 Å². The first-order valence-electron chi connectivity index (χ1n) is 12.4. The fourth-order valence-corrected chi connectivity index (χ4v) is 5.72. The van der Waals surface area contributed by atoms with Crippen molar-refractivity contribution >= 4 is 28.6 Å². The van der Waals surface area contributed by atoms with Gasteiger partial charge in [-0.15, -0.1) is 0 Å². The maximum atomic E-state index is 13.0. The fraction of sp³-hybridized carbons (Fsp3) is 0.500. The first kappa shape index (κ1) is 26.0. The second-order valence-corrected chi connectivity index (χ2v) is 10.9. The molecule has 5 nitrogen and oxygen atoms in total. The number of anilines is 2. The minimum Gasteiger partial charge on any atom is -0.469 e. The number of nitrogens with zero attached hydrogens (tertiary/aromatic N) is 2. The molecule has 0 unspecified atom stereocenters. The summed E-state index contributed by atoms with van der Waals surface area (Å²) in [7, 11) is 1.38. The van der Waals surface area contributed by atoms with Crippen molar-refractivity contribution < 1.29 is 22.7 Å². The maximum absolute atomic E-state index is 13.0. The Hall–Kier alpha value is -3.03. The van der Waals surface area contributed by atoms with Crippen LogP contribution in [-0.2, 0) is 22.1 Å². The highest BCUT2D eigenvalue weighted by atomic mass is 19.4. The Bertz CT molecular complexity index is 1250. The van der Waals surface area contributed by atoms with E-state index in [1.807, 2.05) is 13.0 Å². The third-order valence-corrected chi connectivity index (χ3v) is 7.17. The molecule has 0 spiro atoms. The minimum atomic E-state index is -4.38. The van der Waals surface area contributed by atoms with Crippen molar-refractivity contribution in [2.75, 3.05) is 12.4 Å². The molecule has 1 heterocycles. The largest absolute Gasteiger partial charge is 0.469 e. The Balaban J connectivity index is 1.76. The number of hydrogen-bond donors (Lipinski definition) is 1. The highest BCUT2D eigenvalue weighted by Crippen LogP contribution is 2.46. The number of aromatic nitrogens is 2. The molecule has 194 valence electrons. The molecule has 0 amide bonds. The van der Waals surface area contributed by atoms with E-state index in [2.05, 4.69) is 36.7 Å². The van der Waals surface area contributed by atoms with E-state index in [1.54, 1.807) is 0 Å². The molecule has 0 saturated heterocycles. The Morgan fingerprint density at radius 2 is 1.89 bits per heavy atom. The molecular weight excluding hydrogens is 467 g/mol. The molecule has 2 aromatic carbocycles. The van der Waals surface area contributed by atoms with Gasteiger partial charge < -0.3 is 14.6 Å². The van der Waals surface area contributed by atoms with Crippen LogP contribution >= 0.6 is 0 Å². The van der Waals surface area contributed by atoms with Crippen molar-refractivity contribution in [1.29, 1.82) is 0 Å². The van der Waals surface area contributed by atoms with Crippen molar-refractivity contribution in [3.8, 4) is 0 Å². The van der Waals surface area contributed by atoms with Gasteiger partial charge in [-0.05, 0) is 91.5 Å². The van der Waals surface area contributed by atoms with Crippen LogP contribution in [0, 0.1) is 18.3 Å². The number of ether oxygens (including phenoxy) is 1. The van der Waals surface area contributed by atoms with Crippen LogP contribution < -0.4 is 5.32 Å². The lowest BCUT2D eigenvalue weighted by Crippen LogP contribution is -2.29. The lowest BCUT2D eigenvalue weighted by molar-refractivity contribution is -0.140. The standard InChI is InChI=1S/C28H34F3N3O2/c1-17-12-22(16-27(3,4)15-17)34-24-13-18(2)19(6-11-25(35)36-5)14-23(24)33-26(34)32-21-9-7-20(8-10-21)28(29,30)31/h7-10,13-14,17,22H,6,11-12,15-16H2,1-5H3,(H,32,33)/t17-,22-/m0/s1. The van der Waals surface area contributed by atoms with Gasteiger partial charge in [0.2, 0.25) is 5.95 Å². The van der Waals surface area contributed by atoms with Crippen LogP contribution in [0.25, 0.3) is 11.0 Å². The molecular formula is C28H34F3N3O2. The normalized spacial score (nSPS) is 19.9. The van der Waals surface area contributed by atoms with E-state index in [4.69, 9.17) is 9.72 Å². The number of esters is 1. The topological polar surface area (TPSA) is 56.1 Å². The number of benzene rings is 2. The first-order valence-corrected chi connectivity index (χ1v) is 12.4. The van der Waals surface area contributed by atoms with E-state index in [-0.39, 0.29) is 23.8 Å². The lowest BCUT2D eigenvalue weighted by Gasteiger charge is -2.40. The van der Waals surface area contributed by atoms with E-state index in [0.29, 0.717) is 24.0 Å². The summed E-state index contributed by atoms with van der Waals surface area (Å²) in [5, 5.41) is 3.29. The molecule has 1 N–H and O–H groups in total. The number of fused-ring (bicyclic) bond motifs is 1. The van der Waals surface area contributed by atoms with Crippen molar-refractivity contribution in [3.05, 3.63) is 53.1 Å². The average molecular weight is 502 g/mol. The van der Waals surface area contributed by atoms with Crippen molar-refractivity contribution in [2.45, 2.75) is 72.0 Å². The van der Waals surface area contributed by atoms with Crippen LogP contribution in [0.4, 0.5) is 24.8 Å². The van der Waals surface area contributed by atoms with Crippen molar-refractivity contribution in [1.82, 2.24) is 9.55 Å². The molecule has 8 heteroatoms. The quantitative estimate of drug-likeness (QED) is 0.353. The van der Waals surface area contributed by atoms with Crippen LogP contribution in [0.1, 0.15) is 69.2 Å². The molecule has 36 heavy (non-hydrogen) atoms. The molecule has 3 aromatic rings. The SMILES string of the molecule is COC(=O)CCc1cc2nc(Nc3ccc(C(F)(F)F)cc3)n([C@H]3C[C@H](C)CC(C)(C)C3)c2cc1C. The van der Waals surface area contributed by atoms with Gasteiger partial charge in [-0.2, -0.15) is 13.2 Å². The van der Waals surface area contributed by atoms with Gasteiger partial charge in [-0.3, -0.25) is 4.79 Å². The van der Waals surface area contributed by atoms with E-state index in [1.165, 1.54) is 19.2 Å². The summed E-state index contributed by atoms with van der Waals surface area (Å²) in [5.41, 5.74) is 3.90. The second kappa shape index (κ2) is 9.79. The van der Waals surface area contributed by atoms with Gasteiger partial charge in [0, 0.05) is 18.2 Å². The highest BCUT2D eigenvalue weighted by molar-refractivity contribution is 5.82. The Morgan fingerprint density at radius 1 is 1.19 bits per heavy atom. The predicted octanol–water partition coefficient (Wildman–Crippen LogP) is 7.60. The summed E-state index contributed by atoms with van der Waals surface area (Å²) in [5.74, 6) is 0.892. The van der Waals surface area contributed by atoms with E-state index >= 15 is 0 Å². The van der Waals surface area contributed by atoms with Gasteiger partial charge in [0.05, 0.1) is 23.7 Å². The van der Waals surface area contributed by atoms with Crippen LogP contribution in [0.2, 0.25) is 0 Å². The smallest absolute Gasteiger partial charge is 0.416 e. The summed E-state index contributed by atoms with van der Waals surface area (Å²) < 4.78 is 46.2. The monoisotopic (exact) mass is 501 g/mol. The molecule has 1 aliphatic carbocycles. The number of hydrogen-bond acceptors (Lipinski definition) is 4. The van der Waals surface area contributed by atoms with Crippen molar-refractivity contribution in [2.24, 2.45) is 11.3 Å². The van der Waals surface area contributed by atoms with Gasteiger partial charge in [0.15, 0.2) is 0 Å². The van der Waals surface area contributed by atoms with Crippen LogP contribution in [0.15, 0.2) is 36.4 Å². The first-order chi connectivity index (χ1) is 16.9. The van der Waals surface area contributed by atoms with Gasteiger partial charge in [-0.25, -0.2) is 4.98 Å². The zero-order valence-corrected chi connectivity index (χ0v) is 21.5. The molecule has 0 radical (unpaired) electrons. The number of imidazole rings is 1. The second-order valence-electron chi connectivity index (χ2n) is 10.9. The number of carbonyl (C=O) groups excluding carboxylic acids is 1. The molecule has 1 fully saturated rings. The molecule has 0 aliphatic heterocycles. The lowest BCUT2D eigenvalue weighted by atomic mass is 9.70. The van der Waals surface area contributed by atoms with Gasteiger partial charge >= 0.3 is 12.1 Å². The molecule has 1 aromatic heterocycles. The van der Waals surface area contributed by atoms with Crippen LogP contribution in [-0.4, -0.2) is 22.6 Å². The Labute approximate surface area is 210 Å². The Morgan fingerprint density at radius 3 is 2.50 bits per heavy atom. The summed E-state index contributed by atoms with van der Waals surface area (Å²) >= 11 is 0. The van der Waals surface area contributed by atoms with Crippen molar-refractivity contribution in [3.63, 3.8) is 0 Å². The fourth-order valence-electron chi connectivity index (χ4n) is 5.72. The number of aryl methyl sites for hydroxylation is 2. The van der Waals surface area contributed by atoms with Crippen LogP contribution in [0.5, 0.6) is 0 Å². The molecule has 1 saturated carbocycles. The highest BCUT2D eigenvalue weighted by Gasteiger charge is 2.35. The number of methoxy groups -OCH3 is 1. The Kier molecular flexibility index (Phi) is 7.08. The third kappa shape index (κ3) is 5.68. The molecule has 0 bridgehead atoms. The molecule has 2 atom stereocenters. The van der Waals surface area contributed by atoms with Crippen LogP contribution in [0.3, 0.4) is 0 Å². The number of alkyl halides is 3. The summed E-state index contributed by atoms with van der Waals surface area (Å²) in [6.07, 6.45) is -0.416. The number of nitrogens with one attached hydrogen (secondary N) is 1. The van der Waals surface area contributed by atoms with Gasteiger partial charge in [-0.1, -0.05) is 20.8 Å². The summed E-state index contributed by atoms with van der Waals surface area (Å²) in [6, 6.07) is 9.36. The molecule has 4 rings (SSSR count). The number of rotatable bonds is 6. The average Bonchev–Trinajstić information content (AvgIpc) is 3.12. The van der Waals surface area contributed by atoms with E-state index in [0.717, 1.165) is 53.6 Å². The summed E-state index contributed by atoms with van der Waals surface area (Å²) in [4.78, 5) is 16.6. The number of halogens is 3. The number of carbonyl (C=O) groups is 1. The minimum absolute atomic E-state index is 0.167. The molecule has 1 aliphatic rings. The van der Waals surface area contributed by atoms with E-state index < -0.39 is 11.7 Å². The summed E-state index contributed by atoms with van der Waals surface area (Å²) in [6.45, 7) is 8.87. The zero-order valence-electron chi connectivity index (χ0n) is 21.5.